The van der Waals surface area contributed by atoms with Crippen LogP contribution in [0, 0.1) is 0 Å². The topological polar surface area (TPSA) is 49.9 Å². The molecule has 0 bridgehead atoms. The van der Waals surface area contributed by atoms with E-state index in [1.807, 2.05) is 81.9 Å². The Morgan fingerprint density at radius 1 is 1.00 bits per heavy atom. The summed E-state index contributed by atoms with van der Waals surface area (Å²) in [6.45, 7) is 4.62. The number of rotatable bonds is 8. The van der Waals surface area contributed by atoms with E-state index in [9.17, 15) is 9.59 Å². The minimum Gasteiger partial charge on any atom is -0.488 e. The largest absolute Gasteiger partial charge is 0.488 e. The molecule has 0 atom stereocenters. The molecule has 0 aliphatic carbocycles. The molecule has 33 heavy (non-hydrogen) atoms. The summed E-state index contributed by atoms with van der Waals surface area (Å²) >= 11 is 1.66. The molecular weight excluding hydrogens is 432 g/mol. The van der Waals surface area contributed by atoms with Gasteiger partial charge < -0.3 is 14.5 Å². The first-order valence-corrected chi connectivity index (χ1v) is 12.4. The molecule has 0 saturated carbocycles. The van der Waals surface area contributed by atoms with Crippen molar-refractivity contribution in [3.05, 3.63) is 88.1 Å². The highest BCUT2D eigenvalue weighted by Gasteiger charge is 2.30. The molecule has 3 aromatic rings. The first-order chi connectivity index (χ1) is 16.2. The van der Waals surface area contributed by atoms with Gasteiger partial charge in [-0.2, -0.15) is 0 Å². The molecule has 1 aromatic heterocycles. The van der Waals surface area contributed by atoms with Crippen molar-refractivity contribution in [2.45, 2.75) is 38.8 Å². The van der Waals surface area contributed by atoms with E-state index in [1.165, 1.54) is 0 Å². The van der Waals surface area contributed by atoms with Crippen LogP contribution in [0.5, 0.6) is 5.75 Å². The Balaban J connectivity index is 1.39. The van der Waals surface area contributed by atoms with Crippen molar-refractivity contribution in [2.75, 3.05) is 19.6 Å². The lowest BCUT2D eigenvalue weighted by Gasteiger charge is -2.38. The summed E-state index contributed by atoms with van der Waals surface area (Å²) in [5.74, 6) is 0.804. The average Bonchev–Trinajstić information content (AvgIpc) is 3.40. The zero-order valence-electron chi connectivity index (χ0n) is 19.0. The van der Waals surface area contributed by atoms with Crippen molar-refractivity contribution in [1.82, 2.24) is 9.80 Å². The van der Waals surface area contributed by atoms with Gasteiger partial charge in [-0.25, -0.2) is 0 Å². The lowest BCUT2D eigenvalue weighted by molar-refractivity contribution is 0.0519. The van der Waals surface area contributed by atoms with E-state index < -0.39 is 0 Å². The third kappa shape index (κ3) is 5.82. The highest BCUT2D eigenvalue weighted by Crippen LogP contribution is 2.23. The molecule has 172 valence electrons. The third-order valence-electron chi connectivity index (χ3n) is 5.98. The minimum absolute atomic E-state index is 0.0336. The Morgan fingerprint density at radius 3 is 2.45 bits per heavy atom. The van der Waals surface area contributed by atoms with E-state index in [0.717, 1.165) is 29.7 Å². The van der Waals surface area contributed by atoms with Crippen molar-refractivity contribution in [1.29, 1.82) is 0 Å². The third-order valence-corrected chi connectivity index (χ3v) is 6.83. The monoisotopic (exact) mass is 462 g/mol. The quantitative estimate of drug-likeness (QED) is 0.445. The van der Waals surface area contributed by atoms with Crippen LogP contribution in [0.4, 0.5) is 0 Å². The summed E-state index contributed by atoms with van der Waals surface area (Å²) in [6.07, 6.45) is 2.47. The number of ether oxygens (including phenoxy) is 1. The number of benzene rings is 2. The van der Waals surface area contributed by atoms with E-state index in [-0.39, 0.29) is 17.9 Å². The zero-order valence-corrected chi connectivity index (χ0v) is 19.8. The summed E-state index contributed by atoms with van der Waals surface area (Å²) in [7, 11) is 0. The summed E-state index contributed by atoms with van der Waals surface area (Å²) in [5.41, 5.74) is 1.37. The molecule has 2 aromatic carbocycles. The number of carbonyl (C=O) groups is 2. The Morgan fingerprint density at radius 2 is 1.76 bits per heavy atom. The first kappa shape index (κ1) is 23.1. The van der Waals surface area contributed by atoms with Gasteiger partial charge in [0.2, 0.25) is 0 Å². The molecule has 2 amide bonds. The fourth-order valence-electron chi connectivity index (χ4n) is 4.27. The number of nitrogens with zero attached hydrogens (tertiary/aromatic N) is 2. The molecule has 2 heterocycles. The van der Waals surface area contributed by atoms with Gasteiger partial charge in [0.1, 0.15) is 12.4 Å². The molecular formula is C27H30N2O3S. The molecule has 6 heteroatoms. The summed E-state index contributed by atoms with van der Waals surface area (Å²) in [5, 5.41) is 2.03. The maximum atomic E-state index is 13.4. The lowest BCUT2D eigenvalue weighted by Crippen LogP contribution is -2.49. The number of thiophene rings is 1. The van der Waals surface area contributed by atoms with Crippen LogP contribution in [-0.4, -0.2) is 47.3 Å². The predicted molar refractivity (Wildman–Crippen MR) is 132 cm³/mol. The standard InChI is InChI=1S/C27H30N2O3S/c1-2-15-29(23-13-16-28(17-14-23)26(30)21-8-4-3-5-9-21)27(31)22-10-6-11-24(19-22)32-20-25-12-7-18-33-25/h3-12,18-19,23H,2,13-17,20H2,1H3. The van der Waals surface area contributed by atoms with Gasteiger partial charge in [-0.15, -0.1) is 11.3 Å². The minimum atomic E-state index is 0.0336. The second-order valence-corrected chi connectivity index (χ2v) is 9.32. The number of piperidine rings is 1. The number of amides is 2. The molecule has 1 aliphatic rings. The van der Waals surface area contributed by atoms with Gasteiger partial charge in [0.05, 0.1) is 0 Å². The van der Waals surface area contributed by atoms with Crippen molar-refractivity contribution in [3.8, 4) is 5.75 Å². The molecule has 0 radical (unpaired) electrons. The van der Waals surface area contributed by atoms with Crippen molar-refractivity contribution in [2.24, 2.45) is 0 Å². The van der Waals surface area contributed by atoms with E-state index >= 15 is 0 Å². The van der Waals surface area contributed by atoms with Gasteiger partial charge in [-0.3, -0.25) is 9.59 Å². The van der Waals surface area contributed by atoms with E-state index in [4.69, 9.17) is 4.74 Å². The smallest absolute Gasteiger partial charge is 0.254 e. The van der Waals surface area contributed by atoms with Crippen LogP contribution in [0.25, 0.3) is 0 Å². The SMILES string of the molecule is CCCN(C(=O)c1cccc(OCc2cccs2)c1)C1CCN(C(=O)c2ccccc2)CC1. The molecule has 4 rings (SSSR count). The van der Waals surface area contributed by atoms with Gasteiger partial charge in [-0.1, -0.05) is 37.3 Å². The maximum Gasteiger partial charge on any atom is 0.254 e. The van der Waals surface area contributed by atoms with Crippen molar-refractivity contribution >= 4 is 23.2 Å². The van der Waals surface area contributed by atoms with Gasteiger partial charge in [0.15, 0.2) is 0 Å². The van der Waals surface area contributed by atoms with Crippen LogP contribution < -0.4 is 4.74 Å². The summed E-state index contributed by atoms with van der Waals surface area (Å²) < 4.78 is 5.90. The fourth-order valence-corrected chi connectivity index (χ4v) is 4.88. The number of hydrogen-bond acceptors (Lipinski definition) is 4. The van der Waals surface area contributed by atoms with Gasteiger partial charge >= 0.3 is 0 Å². The summed E-state index contributed by atoms with van der Waals surface area (Å²) in [4.78, 5) is 31.3. The van der Waals surface area contributed by atoms with Crippen LogP contribution in [0.3, 0.4) is 0 Å². The number of hydrogen-bond donors (Lipinski definition) is 0. The predicted octanol–water partition coefficient (Wildman–Crippen LogP) is 5.48. The molecule has 0 N–H and O–H groups in total. The molecule has 1 fully saturated rings. The highest BCUT2D eigenvalue weighted by atomic mass is 32.1. The van der Waals surface area contributed by atoms with Gasteiger partial charge in [0.25, 0.3) is 11.8 Å². The van der Waals surface area contributed by atoms with Gasteiger partial charge in [0, 0.05) is 41.7 Å². The molecule has 0 spiro atoms. The lowest BCUT2D eigenvalue weighted by atomic mass is 10.0. The number of likely N-dealkylation sites (tertiary alicyclic amines) is 1. The molecule has 0 unspecified atom stereocenters. The molecule has 1 saturated heterocycles. The van der Waals surface area contributed by atoms with Crippen LogP contribution >= 0.6 is 11.3 Å². The van der Waals surface area contributed by atoms with Crippen LogP contribution in [0.15, 0.2) is 72.1 Å². The Kier molecular flexibility index (Phi) is 7.79. The highest BCUT2D eigenvalue weighted by molar-refractivity contribution is 7.09. The van der Waals surface area contributed by atoms with Crippen LogP contribution in [0.1, 0.15) is 51.8 Å². The summed E-state index contributed by atoms with van der Waals surface area (Å²) in [6, 6.07) is 21.0. The van der Waals surface area contributed by atoms with E-state index in [1.54, 1.807) is 11.3 Å². The first-order valence-electron chi connectivity index (χ1n) is 11.6. The Hall–Kier alpha value is -3.12. The van der Waals surface area contributed by atoms with E-state index in [0.29, 0.717) is 37.6 Å². The number of carbonyl (C=O) groups excluding carboxylic acids is 2. The van der Waals surface area contributed by atoms with Crippen LogP contribution in [0.2, 0.25) is 0 Å². The maximum absolute atomic E-state index is 13.4. The molecule has 1 aliphatic heterocycles. The van der Waals surface area contributed by atoms with Crippen molar-refractivity contribution in [3.63, 3.8) is 0 Å². The average molecular weight is 463 g/mol. The second-order valence-electron chi connectivity index (χ2n) is 8.28. The fraction of sp³-hybridized carbons (Fsp3) is 0.333. The van der Waals surface area contributed by atoms with Crippen molar-refractivity contribution < 1.29 is 14.3 Å². The Bertz CT molecular complexity index is 1040. The Labute approximate surface area is 199 Å². The van der Waals surface area contributed by atoms with Crippen LogP contribution in [-0.2, 0) is 6.61 Å². The van der Waals surface area contributed by atoms with Gasteiger partial charge in [-0.05, 0) is 61.0 Å². The zero-order chi connectivity index (χ0) is 23.0. The second kappa shape index (κ2) is 11.1. The normalized spacial score (nSPS) is 14.2. The molecule has 5 nitrogen and oxygen atoms in total. The van der Waals surface area contributed by atoms with E-state index in [2.05, 4.69) is 6.92 Å².